The molecule has 2 atom stereocenters. The van der Waals surface area contributed by atoms with E-state index in [9.17, 15) is 14.0 Å². The van der Waals surface area contributed by atoms with Crippen molar-refractivity contribution in [3.05, 3.63) is 35.6 Å². The zero-order chi connectivity index (χ0) is 14.2. The van der Waals surface area contributed by atoms with Crippen LogP contribution in [0.1, 0.15) is 30.7 Å². The summed E-state index contributed by atoms with van der Waals surface area (Å²) in [4.78, 5) is 24.1. The van der Waals surface area contributed by atoms with Crippen LogP contribution in [0.25, 0.3) is 0 Å². The number of thioether (sulfide) groups is 1. The third-order valence-corrected chi connectivity index (χ3v) is 5.58. The summed E-state index contributed by atoms with van der Waals surface area (Å²) < 4.78 is 14.1. The number of piperidine rings is 1. The zero-order valence-electron chi connectivity index (χ0n) is 11.0. The number of hydrogen-bond donors (Lipinski definition) is 1. The second-order valence-corrected chi connectivity index (χ2v) is 6.67. The fraction of sp³-hybridized carbons (Fsp3) is 0.467. The Bertz CT molecular complexity index is 555. The van der Waals surface area contributed by atoms with Crippen LogP contribution in [0.5, 0.6) is 0 Å². The van der Waals surface area contributed by atoms with Crippen LogP contribution >= 0.6 is 11.8 Å². The number of halogens is 1. The molecule has 2 fully saturated rings. The van der Waals surface area contributed by atoms with Crippen LogP contribution in [-0.2, 0) is 9.59 Å². The predicted molar refractivity (Wildman–Crippen MR) is 75.9 cm³/mol. The Morgan fingerprint density at radius 1 is 1.30 bits per heavy atom. The van der Waals surface area contributed by atoms with Gasteiger partial charge < -0.3 is 0 Å². The molecule has 1 spiro atoms. The minimum absolute atomic E-state index is 0.231. The van der Waals surface area contributed by atoms with Gasteiger partial charge in [-0.25, -0.2) is 4.39 Å². The molecule has 1 aromatic carbocycles. The number of carbonyl (C=O) groups is 2. The second kappa shape index (κ2) is 5.20. The summed E-state index contributed by atoms with van der Waals surface area (Å²) in [6.07, 6.45) is 2.08. The van der Waals surface area contributed by atoms with Crippen LogP contribution in [0, 0.1) is 11.2 Å². The summed E-state index contributed by atoms with van der Waals surface area (Å²) in [5, 5.41) is 2.37. The van der Waals surface area contributed by atoms with Gasteiger partial charge in [-0.3, -0.25) is 14.9 Å². The van der Waals surface area contributed by atoms with Gasteiger partial charge >= 0.3 is 0 Å². The van der Waals surface area contributed by atoms with Crippen molar-refractivity contribution in [3.63, 3.8) is 0 Å². The van der Waals surface area contributed by atoms with E-state index in [1.165, 1.54) is 6.07 Å². The lowest BCUT2D eigenvalue weighted by Crippen LogP contribution is -2.53. The topological polar surface area (TPSA) is 46.2 Å². The first-order valence-corrected chi connectivity index (χ1v) is 7.94. The number of imide groups is 1. The third kappa shape index (κ3) is 2.24. The van der Waals surface area contributed by atoms with Gasteiger partial charge in [0.1, 0.15) is 5.82 Å². The van der Waals surface area contributed by atoms with Gasteiger partial charge in [-0.2, -0.15) is 11.8 Å². The summed E-state index contributed by atoms with van der Waals surface area (Å²) in [6.45, 7) is 0. The van der Waals surface area contributed by atoms with Crippen molar-refractivity contribution in [2.24, 2.45) is 5.41 Å². The number of nitrogens with one attached hydrogen (secondary N) is 1. The average molecular weight is 293 g/mol. The first-order valence-electron chi connectivity index (χ1n) is 6.78. The number of benzene rings is 1. The van der Waals surface area contributed by atoms with Crippen molar-refractivity contribution in [1.29, 1.82) is 0 Å². The highest BCUT2D eigenvalue weighted by Gasteiger charge is 2.50. The van der Waals surface area contributed by atoms with Crippen molar-refractivity contribution in [2.45, 2.75) is 25.2 Å². The Labute approximate surface area is 121 Å². The Morgan fingerprint density at radius 2 is 2.10 bits per heavy atom. The minimum atomic E-state index is -0.561. The Balaban J connectivity index is 2.06. The van der Waals surface area contributed by atoms with Crippen LogP contribution in [0.15, 0.2) is 24.3 Å². The molecular formula is C15H16FNO2S. The van der Waals surface area contributed by atoms with E-state index in [1.807, 2.05) is 0 Å². The van der Waals surface area contributed by atoms with E-state index in [0.717, 1.165) is 24.3 Å². The number of carbonyl (C=O) groups excluding carboxylic acids is 2. The normalized spacial score (nSPS) is 30.4. The van der Waals surface area contributed by atoms with Crippen molar-refractivity contribution in [1.82, 2.24) is 5.32 Å². The standard InChI is InChI=1S/C15H16FNO2S/c16-11-5-2-1-4-10(11)13-14(19)17-12(18)8-15(13)6-3-7-20-9-15/h1-2,4-5,13H,3,6-9H2,(H,17,18,19). The van der Waals surface area contributed by atoms with Crippen LogP contribution in [0.3, 0.4) is 0 Å². The molecule has 0 bridgehead atoms. The van der Waals surface area contributed by atoms with Gasteiger partial charge in [-0.15, -0.1) is 0 Å². The van der Waals surface area contributed by atoms with Crippen molar-refractivity contribution in [2.75, 3.05) is 11.5 Å². The molecule has 0 aromatic heterocycles. The van der Waals surface area contributed by atoms with Gasteiger partial charge in [0.2, 0.25) is 11.8 Å². The highest BCUT2D eigenvalue weighted by Crippen LogP contribution is 2.50. The Morgan fingerprint density at radius 3 is 2.80 bits per heavy atom. The van der Waals surface area contributed by atoms with Gasteiger partial charge in [-0.1, -0.05) is 18.2 Å². The molecule has 3 rings (SSSR count). The molecule has 0 aliphatic carbocycles. The molecule has 1 aromatic rings. The first kappa shape index (κ1) is 13.6. The number of hydrogen-bond acceptors (Lipinski definition) is 3. The lowest BCUT2D eigenvalue weighted by molar-refractivity contribution is -0.139. The van der Waals surface area contributed by atoms with Crippen LogP contribution in [0.2, 0.25) is 0 Å². The highest BCUT2D eigenvalue weighted by atomic mass is 32.2. The largest absolute Gasteiger partial charge is 0.296 e. The van der Waals surface area contributed by atoms with Crippen molar-refractivity contribution in [3.8, 4) is 0 Å². The lowest BCUT2D eigenvalue weighted by Gasteiger charge is -2.45. The summed E-state index contributed by atoms with van der Waals surface area (Å²) in [5.41, 5.74) is -0.00940. The van der Waals surface area contributed by atoms with Gasteiger partial charge in [0.05, 0.1) is 5.92 Å². The summed E-state index contributed by atoms with van der Waals surface area (Å²) in [7, 11) is 0. The van der Waals surface area contributed by atoms with Crippen LogP contribution in [0.4, 0.5) is 4.39 Å². The summed E-state index contributed by atoms with van der Waals surface area (Å²) in [6, 6.07) is 6.40. The monoisotopic (exact) mass is 293 g/mol. The van der Waals surface area contributed by atoms with Gasteiger partial charge in [0.25, 0.3) is 0 Å². The van der Waals surface area contributed by atoms with Gasteiger partial charge in [0, 0.05) is 23.2 Å². The average Bonchev–Trinajstić information content (AvgIpc) is 2.41. The van der Waals surface area contributed by atoms with Crippen LogP contribution < -0.4 is 5.32 Å². The summed E-state index contributed by atoms with van der Waals surface area (Å²) in [5.74, 6) is 0.275. The molecule has 106 valence electrons. The second-order valence-electron chi connectivity index (χ2n) is 5.56. The number of rotatable bonds is 1. The first-order chi connectivity index (χ1) is 9.62. The van der Waals surface area contributed by atoms with Gasteiger partial charge in [-0.05, 0) is 24.7 Å². The van der Waals surface area contributed by atoms with E-state index in [2.05, 4.69) is 5.32 Å². The molecule has 3 nitrogen and oxygen atoms in total. The molecule has 2 saturated heterocycles. The maximum absolute atomic E-state index is 14.1. The van der Waals surface area contributed by atoms with E-state index < -0.39 is 11.3 Å². The Hall–Kier alpha value is -1.36. The van der Waals surface area contributed by atoms with E-state index in [0.29, 0.717) is 12.0 Å². The minimum Gasteiger partial charge on any atom is -0.296 e. The molecule has 0 radical (unpaired) electrons. The highest BCUT2D eigenvalue weighted by molar-refractivity contribution is 7.99. The van der Waals surface area contributed by atoms with E-state index in [4.69, 9.17) is 0 Å². The predicted octanol–water partition coefficient (Wildman–Crippen LogP) is 2.47. The fourth-order valence-electron chi connectivity index (χ4n) is 3.37. The fourth-order valence-corrected chi connectivity index (χ4v) is 4.69. The molecule has 2 amide bonds. The molecule has 2 heterocycles. The maximum atomic E-state index is 14.1. The molecule has 0 saturated carbocycles. The molecule has 2 unspecified atom stereocenters. The van der Waals surface area contributed by atoms with E-state index in [-0.39, 0.29) is 17.6 Å². The SMILES string of the molecule is O=C1CC2(CCCSC2)C(c2ccccc2F)C(=O)N1. The maximum Gasteiger partial charge on any atom is 0.234 e. The summed E-state index contributed by atoms with van der Waals surface area (Å²) >= 11 is 1.75. The lowest BCUT2D eigenvalue weighted by atomic mass is 9.65. The smallest absolute Gasteiger partial charge is 0.234 e. The van der Waals surface area contributed by atoms with Crippen molar-refractivity contribution >= 4 is 23.6 Å². The molecular weight excluding hydrogens is 277 g/mol. The van der Waals surface area contributed by atoms with Crippen molar-refractivity contribution < 1.29 is 14.0 Å². The third-order valence-electron chi connectivity index (χ3n) is 4.22. The van der Waals surface area contributed by atoms with Gasteiger partial charge in [0.15, 0.2) is 0 Å². The van der Waals surface area contributed by atoms with E-state index in [1.54, 1.807) is 30.0 Å². The molecule has 1 N–H and O–H groups in total. The Kier molecular flexibility index (Phi) is 3.54. The molecule has 5 heteroatoms. The van der Waals surface area contributed by atoms with Crippen LogP contribution in [-0.4, -0.2) is 23.3 Å². The molecule has 20 heavy (non-hydrogen) atoms. The molecule has 2 aliphatic heterocycles. The molecule has 2 aliphatic rings. The number of amides is 2. The van der Waals surface area contributed by atoms with E-state index >= 15 is 0 Å². The zero-order valence-corrected chi connectivity index (χ0v) is 11.8. The quantitative estimate of drug-likeness (QED) is 0.809.